The van der Waals surface area contributed by atoms with E-state index in [4.69, 9.17) is 11.5 Å². The van der Waals surface area contributed by atoms with E-state index in [0.29, 0.717) is 5.92 Å². The van der Waals surface area contributed by atoms with Crippen LogP contribution in [0.5, 0.6) is 0 Å². The fraction of sp³-hybridized carbons (Fsp3) is 0.350. The second-order valence-corrected chi connectivity index (χ2v) is 8.46. The Bertz CT molecular complexity index is 1020. The molecule has 5 N–H and O–H groups in total. The number of nitrogens with two attached hydrogens (primary N) is 2. The molecular formula is C20H22F2N5OS+. The van der Waals surface area contributed by atoms with Crippen LogP contribution in [0.25, 0.3) is 10.6 Å². The van der Waals surface area contributed by atoms with E-state index in [1.54, 1.807) is 0 Å². The molecule has 1 aromatic carbocycles. The zero-order chi connectivity index (χ0) is 20.7. The number of rotatable bonds is 4. The number of hydrogen-bond acceptors (Lipinski definition) is 5. The fourth-order valence-electron chi connectivity index (χ4n) is 3.94. The van der Waals surface area contributed by atoms with Crippen LogP contribution in [0.2, 0.25) is 0 Å². The van der Waals surface area contributed by atoms with Crippen molar-refractivity contribution in [3.8, 4) is 10.6 Å². The van der Waals surface area contributed by atoms with Crippen LogP contribution in [0.1, 0.15) is 36.2 Å². The molecule has 0 bridgehead atoms. The number of amides is 1. The third-order valence-corrected chi connectivity index (χ3v) is 6.33. The maximum Gasteiger partial charge on any atom is 0.277 e. The Morgan fingerprint density at radius 2 is 1.90 bits per heavy atom. The summed E-state index contributed by atoms with van der Waals surface area (Å²) < 4.78 is 30.1. The zero-order valence-electron chi connectivity index (χ0n) is 15.9. The minimum atomic E-state index is -0.750. The Kier molecular flexibility index (Phi) is 5.18. The van der Waals surface area contributed by atoms with Crippen LogP contribution in [0.4, 0.5) is 13.8 Å². The molecule has 4 rings (SSSR count). The molecule has 2 aliphatic rings. The van der Waals surface area contributed by atoms with Crippen molar-refractivity contribution in [2.45, 2.75) is 31.7 Å². The number of anilines is 1. The van der Waals surface area contributed by atoms with Crippen molar-refractivity contribution < 1.29 is 18.2 Å². The van der Waals surface area contributed by atoms with E-state index in [1.807, 2.05) is 17.8 Å². The summed E-state index contributed by atoms with van der Waals surface area (Å²) in [5.74, 6) is -1.65. The van der Waals surface area contributed by atoms with Crippen molar-refractivity contribution in [3.05, 3.63) is 47.4 Å². The van der Waals surface area contributed by atoms with E-state index in [2.05, 4.69) is 10.3 Å². The summed E-state index contributed by atoms with van der Waals surface area (Å²) in [4.78, 5) is 16.9. The third kappa shape index (κ3) is 3.67. The summed E-state index contributed by atoms with van der Waals surface area (Å²) in [5.41, 5.74) is 13.4. The SMILES string of the molecule is C[N+]1=C(C2CCC(N)CC2)C(NC(=O)c2nc(-c3c(F)cccc3F)sc2N)=C1. The molecule has 29 heavy (non-hydrogen) atoms. The first kappa shape index (κ1) is 19.7. The molecule has 9 heteroatoms. The molecular weight excluding hydrogens is 396 g/mol. The van der Waals surface area contributed by atoms with Crippen molar-refractivity contribution >= 4 is 28.0 Å². The van der Waals surface area contributed by atoms with E-state index < -0.39 is 17.5 Å². The lowest BCUT2D eigenvalue weighted by molar-refractivity contribution is -0.438. The average Bonchev–Trinajstić information content (AvgIpc) is 3.04. The first-order valence-corrected chi connectivity index (χ1v) is 10.3. The molecule has 1 aliphatic heterocycles. The molecule has 2 aromatic rings. The summed E-state index contributed by atoms with van der Waals surface area (Å²) in [5, 5.41) is 2.99. The van der Waals surface area contributed by atoms with Crippen molar-refractivity contribution in [1.29, 1.82) is 0 Å². The number of nitrogens with one attached hydrogen (secondary N) is 1. The van der Waals surface area contributed by atoms with Crippen molar-refractivity contribution in [2.24, 2.45) is 11.7 Å². The monoisotopic (exact) mass is 418 g/mol. The maximum absolute atomic E-state index is 14.0. The van der Waals surface area contributed by atoms with E-state index in [-0.39, 0.29) is 27.3 Å². The Morgan fingerprint density at radius 3 is 2.52 bits per heavy atom. The van der Waals surface area contributed by atoms with Gasteiger partial charge in [-0.3, -0.25) is 4.79 Å². The number of hydrogen-bond donors (Lipinski definition) is 3. The van der Waals surface area contributed by atoms with Gasteiger partial charge in [0.1, 0.15) is 28.7 Å². The first-order chi connectivity index (χ1) is 13.8. The van der Waals surface area contributed by atoms with E-state index >= 15 is 0 Å². The van der Waals surface area contributed by atoms with Crippen LogP contribution in [-0.2, 0) is 0 Å². The number of allylic oxidation sites excluding steroid dienone is 1. The highest BCUT2D eigenvalue weighted by molar-refractivity contribution is 7.19. The molecule has 2 heterocycles. The molecule has 0 radical (unpaired) electrons. The number of aromatic nitrogens is 1. The lowest BCUT2D eigenvalue weighted by Crippen LogP contribution is -2.43. The largest absolute Gasteiger partial charge is 0.389 e. The standard InChI is InChI=1S/C20H21F2N5OS/c1-27-9-14(17(27)10-5-7-11(23)8-6-10)25-19(28)16-18(24)29-20(26-16)15-12(21)3-2-4-13(15)22/h2-4,9-11H,5-8,23H2,1H3,(H2-,24,25,28)/p+1. The summed E-state index contributed by atoms with van der Waals surface area (Å²) in [6.45, 7) is 0. The van der Waals surface area contributed by atoms with Gasteiger partial charge in [0.2, 0.25) is 5.71 Å². The quantitative estimate of drug-likeness (QED) is 0.665. The molecule has 1 aliphatic carbocycles. The van der Waals surface area contributed by atoms with Crippen LogP contribution < -0.4 is 16.8 Å². The topological polar surface area (TPSA) is 97.0 Å². The number of carbonyl (C=O) groups excluding carboxylic acids is 1. The molecule has 152 valence electrons. The molecule has 0 spiro atoms. The Labute approximate surface area is 170 Å². The number of halogens is 2. The van der Waals surface area contributed by atoms with Crippen molar-refractivity contribution in [1.82, 2.24) is 10.3 Å². The Hall–Kier alpha value is -2.65. The lowest BCUT2D eigenvalue weighted by atomic mass is 9.81. The van der Waals surface area contributed by atoms with Gasteiger partial charge in [-0.05, 0) is 37.8 Å². The molecule has 6 nitrogen and oxygen atoms in total. The first-order valence-electron chi connectivity index (χ1n) is 9.44. The van der Waals surface area contributed by atoms with Crippen molar-refractivity contribution in [3.63, 3.8) is 0 Å². The predicted octanol–water partition coefficient (Wildman–Crippen LogP) is 2.86. The minimum absolute atomic E-state index is 0.0341. The van der Waals surface area contributed by atoms with Gasteiger partial charge in [-0.1, -0.05) is 17.4 Å². The number of carbonyl (C=O) groups is 1. The zero-order valence-corrected chi connectivity index (χ0v) is 16.7. The molecule has 0 atom stereocenters. The van der Waals surface area contributed by atoms with Crippen molar-refractivity contribution in [2.75, 3.05) is 12.8 Å². The molecule has 1 fully saturated rings. The summed E-state index contributed by atoms with van der Waals surface area (Å²) >= 11 is 0.882. The highest BCUT2D eigenvalue weighted by Gasteiger charge is 2.38. The van der Waals surface area contributed by atoms with Crippen LogP contribution in [0, 0.1) is 17.6 Å². The second kappa shape index (κ2) is 7.64. The van der Waals surface area contributed by atoms with Gasteiger partial charge in [-0.25, -0.2) is 18.3 Å². The van der Waals surface area contributed by atoms with Crippen LogP contribution in [0.3, 0.4) is 0 Å². The molecule has 1 saturated carbocycles. The van der Waals surface area contributed by atoms with Gasteiger partial charge in [0.15, 0.2) is 17.6 Å². The Morgan fingerprint density at radius 1 is 1.24 bits per heavy atom. The van der Waals surface area contributed by atoms with Crippen LogP contribution >= 0.6 is 11.3 Å². The summed E-state index contributed by atoms with van der Waals surface area (Å²) in [7, 11) is 1.94. The number of thiazole rings is 1. The number of nitrogens with zero attached hydrogens (tertiary/aromatic N) is 2. The molecule has 1 aromatic heterocycles. The fourth-order valence-corrected chi connectivity index (χ4v) is 4.81. The van der Waals surface area contributed by atoms with E-state index in [0.717, 1.165) is 60.6 Å². The average molecular weight is 418 g/mol. The van der Waals surface area contributed by atoms with Gasteiger partial charge in [-0.2, -0.15) is 0 Å². The van der Waals surface area contributed by atoms with E-state index in [9.17, 15) is 13.6 Å². The maximum atomic E-state index is 14.0. The molecule has 0 saturated heterocycles. The second-order valence-electron chi connectivity index (χ2n) is 7.43. The van der Waals surface area contributed by atoms with Gasteiger partial charge in [0, 0.05) is 12.0 Å². The van der Waals surface area contributed by atoms with Gasteiger partial charge < -0.3 is 16.8 Å². The highest BCUT2D eigenvalue weighted by Crippen LogP contribution is 2.34. The highest BCUT2D eigenvalue weighted by atomic mass is 32.1. The smallest absolute Gasteiger partial charge is 0.277 e. The minimum Gasteiger partial charge on any atom is -0.389 e. The number of nitrogen functional groups attached to an aromatic ring is 1. The summed E-state index contributed by atoms with van der Waals surface area (Å²) in [6.07, 6.45) is 5.70. The van der Waals surface area contributed by atoms with Crippen LogP contribution in [0.15, 0.2) is 30.1 Å². The van der Waals surface area contributed by atoms with E-state index in [1.165, 1.54) is 6.07 Å². The lowest BCUT2D eigenvalue weighted by Gasteiger charge is -2.28. The van der Waals surface area contributed by atoms with Crippen LogP contribution in [-0.4, -0.2) is 34.3 Å². The van der Waals surface area contributed by atoms with Gasteiger partial charge in [-0.15, -0.1) is 0 Å². The molecule has 1 amide bonds. The summed E-state index contributed by atoms with van der Waals surface area (Å²) in [6, 6.07) is 3.80. The van der Waals surface area contributed by atoms with Gasteiger partial charge in [0.25, 0.3) is 5.91 Å². The Balaban J connectivity index is 1.51. The predicted molar refractivity (Wildman–Crippen MR) is 109 cm³/mol. The van der Waals surface area contributed by atoms with Gasteiger partial charge in [0.05, 0.1) is 5.56 Å². The van der Waals surface area contributed by atoms with Gasteiger partial charge >= 0.3 is 0 Å². The normalized spacial score (nSPS) is 21.6. The molecule has 0 unspecified atom stereocenters. The number of benzene rings is 1. The third-order valence-electron chi connectivity index (χ3n) is 5.43.